The van der Waals surface area contributed by atoms with Crippen LogP contribution in [0.3, 0.4) is 0 Å². The molecule has 0 saturated carbocycles. The van der Waals surface area contributed by atoms with E-state index in [2.05, 4.69) is 230 Å². The van der Waals surface area contributed by atoms with Crippen LogP contribution in [0.4, 0.5) is 34.1 Å². The molecule has 0 radical (unpaired) electrons. The van der Waals surface area contributed by atoms with Gasteiger partial charge in [0.05, 0.1) is 5.41 Å². The molecule has 2 heteroatoms. The third kappa shape index (κ3) is 5.60. The Balaban J connectivity index is 1.17. The molecule has 0 fully saturated rings. The van der Waals surface area contributed by atoms with Gasteiger partial charge in [-0.05, 0) is 120 Å². The summed E-state index contributed by atoms with van der Waals surface area (Å²) in [7, 11) is 0. The van der Waals surface area contributed by atoms with Crippen LogP contribution in [0.5, 0.6) is 0 Å². The molecule has 0 aliphatic heterocycles. The highest BCUT2D eigenvalue weighted by molar-refractivity contribution is 5.87. The molecule has 0 aromatic heterocycles. The molecule has 0 spiro atoms. The van der Waals surface area contributed by atoms with Crippen molar-refractivity contribution in [1.82, 2.24) is 0 Å². The molecule has 0 saturated heterocycles. The number of para-hydroxylation sites is 3. The zero-order valence-corrected chi connectivity index (χ0v) is 30.0. The van der Waals surface area contributed by atoms with Gasteiger partial charge >= 0.3 is 0 Å². The van der Waals surface area contributed by atoms with E-state index in [4.69, 9.17) is 0 Å². The smallest absolute Gasteiger partial charge is 0.0713 e. The van der Waals surface area contributed by atoms with Gasteiger partial charge in [0.25, 0.3) is 0 Å². The molecule has 0 amide bonds. The second-order valence-electron chi connectivity index (χ2n) is 14.0. The molecule has 53 heavy (non-hydrogen) atoms. The van der Waals surface area contributed by atoms with Crippen LogP contribution >= 0.6 is 0 Å². The van der Waals surface area contributed by atoms with Gasteiger partial charge in [-0.15, -0.1) is 0 Å². The summed E-state index contributed by atoms with van der Waals surface area (Å²) in [5, 5.41) is 0. The molecule has 9 rings (SSSR count). The van der Waals surface area contributed by atoms with E-state index < -0.39 is 5.41 Å². The molecule has 0 heterocycles. The fourth-order valence-electron chi connectivity index (χ4n) is 8.27. The van der Waals surface area contributed by atoms with Gasteiger partial charge in [0.1, 0.15) is 0 Å². The van der Waals surface area contributed by atoms with E-state index >= 15 is 0 Å². The third-order valence-corrected chi connectivity index (χ3v) is 10.6. The number of anilines is 6. The molecule has 1 aliphatic rings. The van der Waals surface area contributed by atoms with Gasteiger partial charge in [-0.1, -0.05) is 145 Å². The summed E-state index contributed by atoms with van der Waals surface area (Å²) in [5.41, 5.74) is 16.6. The molecule has 8 aromatic carbocycles. The number of aryl methyl sites for hydroxylation is 2. The Morgan fingerprint density at radius 2 is 0.604 bits per heavy atom. The van der Waals surface area contributed by atoms with Crippen molar-refractivity contribution >= 4 is 34.1 Å². The first-order valence-corrected chi connectivity index (χ1v) is 18.4. The highest BCUT2D eigenvalue weighted by atomic mass is 15.2. The number of rotatable bonds is 8. The Bertz CT molecular complexity index is 2400. The first-order valence-electron chi connectivity index (χ1n) is 18.4. The minimum atomic E-state index is -0.444. The Morgan fingerprint density at radius 3 is 0.981 bits per heavy atom. The van der Waals surface area contributed by atoms with E-state index in [0.29, 0.717) is 0 Å². The Labute approximate surface area is 312 Å². The second-order valence-corrected chi connectivity index (χ2v) is 14.0. The Morgan fingerprint density at radius 1 is 0.302 bits per heavy atom. The van der Waals surface area contributed by atoms with Gasteiger partial charge in [0.15, 0.2) is 0 Å². The summed E-state index contributed by atoms with van der Waals surface area (Å²) >= 11 is 0. The van der Waals surface area contributed by atoms with Crippen LogP contribution in [0.2, 0.25) is 0 Å². The van der Waals surface area contributed by atoms with Gasteiger partial charge in [-0.2, -0.15) is 0 Å². The maximum absolute atomic E-state index is 2.40. The van der Waals surface area contributed by atoms with Gasteiger partial charge in [-0.3, -0.25) is 0 Å². The Kier molecular flexibility index (Phi) is 8.21. The van der Waals surface area contributed by atoms with Crippen molar-refractivity contribution in [3.63, 3.8) is 0 Å². The average Bonchev–Trinajstić information content (AvgIpc) is 3.49. The normalized spacial score (nSPS) is 12.5. The minimum Gasteiger partial charge on any atom is -0.311 e. The molecule has 0 N–H and O–H groups in total. The number of fused-ring (bicyclic) bond motifs is 3. The minimum absolute atomic E-state index is 0.444. The fraction of sp³-hybridized carbons (Fsp3) is 0.0588. The summed E-state index contributed by atoms with van der Waals surface area (Å²) in [6.45, 7) is 4.41. The molecule has 254 valence electrons. The van der Waals surface area contributed by atoms with Crippen molar-refractivity contribution in [3.05, 3.63) is 240 Å². The molecule has 2 nitrogen and oxygen atoms in total. The number of hydrogen-bond acceptors (Lipinski definition) is 2. The zero-order valence-electron chi connectivity index (χ0n) is 30.0. The molecular formula is C51H40N2. The first kappa shape index (κ1) is 32.3. The van der Waals surface area contributed by atoms with Gasteiger partial charge in [0.2, 0.25) is 0 Å². The lowest BCUT2D eigenvalue weighted by Gasteiger charge is -2.35. The van der Waals surface area contributed by atoms with E-state index in [1.807, 2.05) is 0 Å². The quantitative estimate of drug-likeness (QED) is 0.158. The largest absolute Gasteiger partial charge is 0.311 e. The van der Waals surface area contributed by atoms with E-state index in [-0.39, 0.29) is 0 Å². The summed E-state index contributed by atoms with van der Waals surface area (Å²) in [6, 6.07) is 75.0. The van der Waals surface area contributed by atoms with Crippen molar-refractivity contribution in [2.24, 2.45) is 0 Å². The van der Waals surface area contributed by atoms with Crippen molar-refractivity contribution in [1.29, 1.82) is 0 Å². The third-order valence-electron chi connectivity index (χ3n) is 10.6. The zero-order chi connectivity index (χ0) is 35.8. The average molecular weight is 681 g/mol. The van der Waals surface area contributed by atoms with Crippen LogP contribution in [-0.2, 0) is 5.41 Å². The van der Waals surface area contributed by atoms with Crippen LogP contribution < -0.4 is 9.80 Å². The Hall–Kier alpha value is -6.64. The molecule has 1 aliphatic carbocycles. The van der Waals surface area contributed by atoms with E-state index in [1.165, 1.54) is 44.5 Å². The SMILES string of the molecule is Cc1ccc2c(c1)C(c1ccccc1)(c1ccc(N(c3ccccc3)c3ccc(N(c4ccccc4)c4ccccc4)cc3)cc1)c1cc(C)ccc1-2. The predicted octanol–water partition coefficient (Wildman–Crippen LogP) is 13.6. The van der Waals surface area contributed by atoms with Crippen molar-refractivity contribution in [2.45, 2.75) is 19.3 Å². The van der Waals surface area contributed by atoms with Crippen molar-refractivity contribution in [2.75, 3.05) is 9.80 Å². The first-order chi connectivity index (χ1) is 26.1. The molecule has 8 aromatic rings. The van der Waals surface area contributed by atoms with E-state index in [0.717, 1.165) is 34.1 Å². The molecular weight excluding hydrogens is 641 g/mol. The fourth-order valence-corrected chi connectivity index (χ4v) is 8.27. The van der Waals surface area contributed by atoms with Crippen LogP contribution in [0.25, 0.3) is 11.1 Å². The molecule has 0 unspecified atom stereocenters. The predicted molar refractivity (Wildman–Crippen MR) is 223 cm³/mol. The lowest BCUT2D eigenvalue weighted by Crippen LogP contribution is -2.28. The number of hydrogen-bond donors (Lipinski definition) is 0. The monoisotopic (exact) mass is 680 g/mol. The maximum atomic E-state index is 2.40. The summed E-state index contributed by atoms with van der Waals surface area (Å²) in [4.78, 5) is 4.65. The number of benzene rings is 8. The number of nitrogens with zero attached hydrogens (tertiary/aromatic N) is 2. The van der Waals surface area contributed by atoms with Crippen LogP contribution in [0, 0.1) is 13.8 Å². The van der Waals surface area contributed by atoms with E-state index in [9.17, 15) is 0 Å². The van der Waals surface area contributed by atoms with Crippen LogP contribution in [0.1, 0.15) is 33.4 Å². The molecule has 0 bridgehead atoms. The van der Waals surface area contributed by atoms with Crippen LogP contribution in [0.15, 0.2) is 206 Å². The van der Waals surface area contributed by atoms with Gasteiger partial charge in [0, 0.05) is 34.1 Å². The van der Waals surface area contributed by atoms with E-state index in [1.54, 1.807) is 0 Å². The summed E-state index contributed by atoms with van der Waals surface area (Å²) in [6.07, 6.45) is 0. The molecule has 0 atom stereocenters. The van der Waals surface area contributed by atoms with Crippen molar-refractivity contribution in [3.8, 4) is 11.1 Å². The van der Waals surface area contributed by atoms with Gasteiger partial charge < -0.3 is 9.80 Å². The van der Waals surface area contributed by atoms with Crippen molar-refractivity contribution < 1.29 is 0 Å². The topological polar surface area (TPSA) is 6.48 Å². The summed E-state index contributed by atoms with van der Waals surface area (Å²) in [5.74, 6) is 0. The lowest BCUT2D eigenvalue weighted by molar-refractivity contribution is 0.766. The highest BCUT2D eigenvalue weighted by Crippen LogP contribution is 2.56. The van der Waals surface area contributed by atoms with Crippen LogP contribution in [-0.4, -0.2) is 0 Å². The highest BCUT2D eigenvalue weighted by Gasteiger charge is 2.46. The lowest BCUT2D eigenvalue weighted by atomic mass is 9.67. The summed E-state index contributed by atoms with van der Waals surface area (Å²) < 4.78 is 0. The maximum Gasteiger partial charge on any atom is 0.0713 e. The van der Waals surface area contributed by atoms with Gasteiger partial charge in [-0.25, -0.2) is 0 Å². The standard InChI is InChI=1S/C51H40N2/c1-37-23-33-47-48-34-24-38(2)36-50(48)51(49(47)35-37,39-15-7-3-8-16-39)40-25-27-44(28-26-40)53(43-21-13-6-14-22-43)46-31-29-45(30-32-46)52(41-17-9-4-10-18-41)42-19-11-5-12-20-42/h3-36H,1-2H3. The second kappa shape index (κ2) is 13.5.